The summed E-state index contributed by atoms with van der Waals surface area (Å²) in [6.45, 7) is -2.54. The zero-order chi connectivity index (χ0) is 24.6. The molecule has 172 valence electrons. The average molecular weight is 486 g/mol. The Balaban J connectivity index is 1.87. The van der Waals surface area contributed by atoms with Crippen LogP contribution >= 0.6 is 6.89 Å². The maximum absolute atomic E-state index is 14.8. The van der Waals surface area contributed by atoms with Crippen LogP contribution in [0.3, 0.4) is 0 Å². The van der Waals surface area contributed by atoms with Crippen LogP contribution in [0.25, 0.3) is 0 Å². The van der Waals surface area contributed by atoms with Crippen molar-refractivity contribution in [2.24, 2.45) is 0 Å². The van der Waals surface area contributed by atoms with Crippen molar-refractivity contribution in [1.82, 2.24) is 0 Å². The number of hydrogen-bond acceptors (Lipinski definition) is 2. The van der Waals surface area contributed by atoms with Crippen molar-refractivity contribution in [3.63, 3.8) is 0 Å². The summed E-state index contributed by atoms with van der Waals surface area (Å²) >= 11 is 0. The van der Waals surface area contributed by atoms with Gasteiger partial charge in [0.1, 0.15) is 0 Å². The van der Waals surface area contributed by atoms with Crippen molar-refractivity contribution < 1.29 is 22.8 Å². The molecule has 0 unspecified atom stereocenters. The van der Waals surface area contributed by atoms with E-state index in [1.54, 1.807) is 12.2 Å². The second-order valence-electron chi connectivity index (χ2n) is 8.01. The molecule has 0 aromatic heterocycles. The van der Waals surface area contributed by atoms with E-state index < -0.39 is 41.5 Å². The summed E-state index contributed by atoms with van der Waals surface area (Å²) in [5, 5.41) is 3.85. The molecule has 0 amide bonds. The number of benzene rings is 3. The fraction of sp³-hybridized carbons (Fsp3) is 0. The normalized spacial score (nSPS) is 16.3. The predicted molar refractivity (Wildman–Crippen MR) is 135 cm³/mol. The van der Waals surface area contributed by atoms with Crippen molar-refractivity contribution in [3.05, 3.63) is 138 Å². The molecule has 0 bridgehead atoms. The third-order valence-corrected chi connectivity index (χ3v) is 10.4. The van der Waals surface area contributed by atoms with Crippen molar-refractivity contribution >= 4 is 39.7 Å². The third-order valence-electron chi connectivity index (χ3n) is 6.08. The number of hydrogen-bond donors (Lipinski definition) is 0. The molecule has 35 heavy (non-hydrogen) atoms. The summed E-state index contributed by atoms with van der Waals surface area (Å²) < 4.78 is 42.5. The van der Waals surface area contributed by atoms with E-state index in [4.69, 9.17) is 0 Å². The Morgan fingerprint density at radius 1 is 0.514 bits per heavy atom. The first kappa shape index (κ1) is 22.8. The Hall–Kier alpha value is -3.95. The molecule has 2 nitrogen and oxygen atoms in total. The highest BCUT2D eigenvalue weighted by Crippen LogP contribution is 2.48. The van der Waals surface area contributed by atoms with Gasteiger partial charge in [-0.05, 0) is 39.7 Å². The van der Waals surface area contributed by atoms with E-state index in [2.05, 4.69) is 0 Å². The molecular weight excluding hydrogens is 468 g/mol. The Morgan fingerprint density at radius 2 is 0.943 bits per heavy atom. The number of carbonyl (C=O) groups excluding carboxylic acids is 2. The number of Topliss-reactive ketones (excluding diaryl/α,β-unsaturated/α-hetero) is 2. The van der Waals surface area contributed by atoms with Gasteiger partial charge >= 0.3 is 0 Å². The minimum atomic E-state index is -2.54. The van der Waals surface area contributed by atoms with Gasteiger partial charge in [0.2, 0.25) is 17.4 Å². The number of allylic oxidation sites excluding steroid dienone is 8. The monoisotopic (exact) mass is 486 g/mol. The number of rotatable bonds is 4. The summed E-state index contributed by atoms with van der Waals surface area (Å²) in [6, 6.07) is 29.5. The molecule has 2 aliphatic rings. The highest BCUT2D eigenvalue weighted by atomic mass is 31.2. The van der Waals surface area contributed by atoms with Gasteiger partial charge in [0.25, 0.3) is 5.78 Å². The third kappa shape index (κ3) is 3.60. The zero-order valence-corrected chi connectivity index (χ0v) is 19.2. The van der Waals surface area contributed by atoms with E-state index in [0.717, 1.165) is 21.2 Å². The second kappa shape index (κ2) is 9.01. The Labute approximate surface area is 200 Å². The maximum atomic E-state index is 14.8. The standard InChI is InChI=1S/C29H18F3O2P/c30-25-24(28(33)26(31)27(32)29(25)34)19-16-17-23(18-19)35(20-10-4-1-5-11-20,21-12-6-2-7-13-21)22-14-8-3-9-15-22/h1-18H. The molecule has 0 heterocycles. The van der Waals surface area contributed by atoms with Gasteiger partial charge in [-0.15, -0.1) is 0 Å². The first-order valence-corrected chi connectivity index (χ1v) is 12.6. The molecule has 2 aliphatic carbocycles. The summed E-state index contributed by atoms with van der Waals surface area (Å²) in [5.41, 5.74) is -0.724. The Morgan fingerprint density at radius 3 is 1.40 bits per heavy atom. The number of ketones is 2. The smallest absolute Gasteiger partial charge is 0.253 e. The molecule has 6 heteroatoms. The lowest BCUT2D eigenvalue weighted by molar-refractivity contribution is -0.119. The van der Waals surface area contributed by atoms with Gasteiger partial charge in [-0.25, -0.2) is 4.39 Å². The lowest BCUT2D eigenvalue weighted by Crippen LogP contribution is -2.29. The van der Waals surface area contributed by atoms with Crippen molar-refractivity contribution in [2.75, 3.05) is 0 Å². The summed E-state index contributed by atoms with van der Waals surface area (Å²) in [4.78, 5) is 24.3. The fourth-order valence-corrected chi connectivity index (χ4v) is 8.80. The molecule has 3 aromatic rings. The summed E-state index contributed by atoms with van der Waals surface area (Å²) in [6.07, 6.45) is 4.85. The molecule has 0 spiro atoms. The molecule has 0 N–H and O–H groups in total. The van der Waals surface area contributed by atoms with Crippen LogP contribution in [0.4, 0.5) is 13.2 Å². The lowest BCUT2D eigenvalue weighted by Gasteiger charge is -2.30. The van der Waals surface area contributed by atoms with Crippen LogP contribution in [0.1, 0.15) is 0 Å². The largest absolute Gasteiger partial charge is 0.286 e. The first-order valence-electron chi connectivity index (χ1n) is 10.8. The maximum Gasteiger partial charge on any atom is 0.253 e. The van der Waals surface area contributed by atoms with Crippen LogP contribution < -0.4 is 15.9 Å². The zero-order valence-electron chi connectivity index (χ0n) is 18.3. The van der Waals surface area contributed by atoms with Gasteiger partial charge in [-0.2, -0.15) is 8.78 Å². The van der Waals surface area contributed by atoms with Crippen LogP contribution in [-0.2, 0) is 9.59 Å². The summed E-state index contributed by atoms with van der Waals surface area (Å²) in [5.74, 6) is -8.68. The topological polar surface area (TPSA) is 34.1 Å². The van der Waals surface area contributed by atoms with Gasteiger partial charge in [0, 0.05) is 0 Å². The van der Waals surface area contributed by atoms with Gasteiger partial charge < -0.3 is 0 Å². The van der Waals surface area contributed by atoms with Gasteiger partial charge in [-0.3, -0.25) is 9.59 Å². The highest BCUT2D eigenvalue weighted by Gasteiger charge is 2.39. The predicted octanol–water partition coefficient (Wildman–Crippen LogP) is 5.18. The van der Waals surface area contributed by atoms with Gasteiger partial charge in [0.15, 0.2) is 5.83 Å². The molecule has 0 radical (unpaired) electrons. The van der Waals surface area contributed by atoms with Crippen LogP contribution in [0.5, 0.6) is 0 Å². The highest BCUT2D eigenvalue weighted by molar-refractivity contribution is 7.95. The minimum absolute atomic E-state index is 0.0330. The van der Waals surface area contributed by atoms with Crippen LogP contribution in [0.15, 0.2) is 138 Å². The van der Waals surface area contributed by atoms with Crippen LogP contribution in [-0.4, -0.2) is 16.9 Å². The average Bonchev–Trinajstić information content (AvgIpc) is 3.39. The van der Waals surface area contributed by atoms with E-state index in [1.165, 1.54) is 6.08 Å². The van der Waals surface area contributed by atoms with Crippen molar-refractivity contribution in [1.29, 1.82) is 0 Å². The van der Waals surface area contributed by atoms with E-state index in [9.17, 15) is 22.8 Å². The van der Waals surface area contributed by atoms with Gasteiger partial charge in [0.05, 0.1) is 5.57 Å². The SMILES string of the molecule is O=C1C(F)=C(F)C(=O)C(C2=CC(=P(c3ccccc3)(c3ccccc3)c3ccccc3)C=C2)=C1F. The molecule has 0 atom stereocenters. The fourth-order valence-electron chi connectivity index (χ4n) is 4.52. The molecule has 3 aromatic carbocycles. The summed E-state index contributed by atoms with van der Waals surface area (Å²) in [7, 11) is 0. The van der Waals surface area contributed by atoms with E-state index in [0.29, 0.717) is 0 Å². The van der Waals surface area contributed by atoms with Crippen LogP contribution in [0.2, 0.25) is 0 Å². The van der Waals surface area contributed by atoms with E-state index in [1.807, 2.05) is 91.0 Å². The quantitative estimate of drug-likeness (QED) is 0.377. The van der Waals surface area contributed by atoms with Gasteiger partial charge in [-0.1, -0.05) is 103 Å². The molecule has 0 saturated carbocycles. The number of halogens is 3. The first-order chi connectivity index (χ1) is 17.0. The van der Waals surface area contributed by atoms with Crippen LogP contribution in [0, 0.1) is 0 Å². The van der Waals surface area contributed by atoms with E-state index >= 15 is 0 Å². The lowest BCUT2D eigenvalue weighted by atomic mass is 9.94. The molecule has 0 saturated heterocycles. The number of carbonyl (C=O) groups is 2. The van der Waals surface area contributed by atoms with Crippen molar-refractivity contribution in [2.45, 2.75) is 0 Å². The van der Waals surface area contributed by atoms with E-state index in [-0.39, 0.29) is 5.57 Å². The Kier molecular flexibility index (Phi) is 5.88. The Bertz CT molecular complexity index is 1430. The minimum Gasteiger partial charge on any atom is -0.286 e. The van der Waals surface area contributed by atoms with Crippen molar-refractivity contribution in [3.8, 4) is 0 Å². The molecule has 5 rings (SSSR count). The second-order valence-corrected chi connectivity index (χ2v) is 11.4. The molecular formula is C29H18F3O2P. The molecule has 0 fully saturated rings. The molecule has 0 aliphatic heterocycles.